The molecule has 0 spiro atoms. The summed E-state index contributed by atoms with van der Waals surface area (Å²) in [6, 6.07) is 7.22. The van der Waals surface area contributed by atoms with Gasteiger partial charge in [-0.3, -0.25) is 0 Å². The van der Waals surface area contributed by atoms with E-state index in [0.717, 1.165) is 18.7 Å². The maximum atomic E-state index is 15.0. The molecule has 3 aromatic heterocycles. The number of hydrogen-bond acceptors (Lipinski definition) is 7. The van der Waals surface area contributed by atoms with Crippen LogP contribution in [0.4, 0.5) is 15.0 Å². The van der Waals surface area contributed by atoms with Gasteiger partial charge in [0.15, 0.2) is 5.65 Å². The fraction of sp³-hybridized carbons (Fsp3) is 0.419. The van der Waals surface area contributed by atoms with Gasteiger partial charge >= 0.3 is 11.8 Å². The Morgan fingerprint density at radius 2 is 1.79 bits per heavy atom. The SMILES string of the molecule is Cc1nc(C2CC2)nc(C(C)C)c1-n1c(=O)nc(N2C[C@@H](C)N(C(=O)O)C[C@@H]2C)c2cc(Cl)c(-c3ccccc3F)nc21. The summed E-state index contributed by atoms with van der Waals surface area (Å²) >= 11 is 6.79. The molecule has 1 amide bonds. The van der Waals surface area contributed by atoms with E-state index in [1.807, 2.05) is 39.5 Å². The Morgan fingerprint density at radius 3 is 2.44 bits per heavy atom. The molecular formula is C31H33ClFN7O3. The first-order valence-electron chi connectivity index (χ1n) is 14.5. The predicted molar refractivity (Wildman–Crippen MR) is 163 cm³/mol. The van der Waals surface area contributed by atoms with Crippen LogP contribution in [0.1, 0.15) is 69.6 Å². The summed E-state index contributed by atoms with van der Waals surface area (Å²) in [7, 11) is 0. The minimum atomic E-state index is -1.00. The number of fused-ring (bicyclic) bond motifs is 1. The van der Waals surface area contributed by atoms with Crippen molar-refractivity contribution in [3.63, 3.8) is 0 Å². The van der Waals surface area contributed by atoms with Crippen molar-refractivity contribution < 1.29 is 14.3 Å². The van der Waals surface area contributed by atoms with Crippen molar-refractivity contribution in [1.82, 2.24) is 29.4 Å². The predicted octanol–water partition coefficient (Wildman–Crippen LogP) is 5.92. The highest BCUT2D eigenvalue weighted by molar-refractivity contribution is 6.33. The van der Waals surface area contributed by atoms with E-state index >= 15 is 4.39 Å². The van der Waals surface area contributed by atoms with E-state index in [1.165, 1.54) is 15.5 Å². The van der Waals surface area contributed by atoms with Crippen molar-refractivity contribution in [2.24, 2.45) is 0 Å². The summed E-state index contributed by atoms with van der Waals surface area (Å²) < 4.78 is 16.4. The van der Waals surface area contributed by atoms with E-state index in [4.69, 9.17) is 26.6 Å². The lowest BCUT2D eigenvalue weighted by Crippen LogP contribution is -2.58. The van der Waals surface area contributed by atoms with Gasteiger partial charge in [-0.05, 0) is 57.7 Å². The molecule has 2 atom stereocenters. The quantitative estimate of drug-likeness (QED) is 0.298. The number of nitrogens with zero attached hydrogens (tertiary/aromatic N) is 7. The Bertz CT molecular complexity index is 1820. The van der Waals surface area contributed by atoms with Crippen LogP contribution in [-0.4, -0.2) is 65.8 Å². The molecule has 2 aliphatic rings. The summed E-state index contributed by atoms with van der Waals surface area (Å²) in [5.41, 5.74) is 1.86. The molecule has 2 fully saturated rings. The molecule has 6 rings (SSSR count). The zero-order valence-electron chi connectivity index (χ0n) is 24.7. The first kappa shape index (κ1) is 29.0. The van der Waals surface area contributed by atoms with E-state index in [-0.39, 0.29) is 46.5 Å². The molecule has 1 aliphatic carbocycles. The average Bonchev–Trinajstić information content (AvgIpc) is 3.80. The molecule has 10 nitrogen and oxygen atoms in total. The number of hydrogen-bond donors (Lipinski definition) is 1. The molecule has 1 N–H and O–H groups in total. The third kappa shape index (κ3) is 5.09. The van der Waals surface area contributed by atoms with Gasteiger partial charge in [0, 0.05) is 36.7 Å². The van der Waals surface area contributed by atoms with Crippen LogP contribution in [0.5, 0.6) is 0 Å². The number of carboxylic acid groups (broad SMARTS) is 1. The molecule has 4 heterocycles. The molecule has 0 radical (unpaired) electrons. The van der Waals surface area contributed by atoms with Crippen LogP contribution in [0.15, 0.2) is 35.1 Å². The van der Waals surface area contributed by atoms with E-state index in [0.29, 0.717) is 40.7 Å². The molecule has 0 unspecified atom stereocenters. The van der Waals surface area contributed by atoms with Crippen LogP contribution >= 0.6 is 11.6 Å². The first-order chi connectivity index (χ1) is 20.5. The van der Waals surface area contributed by atoms with Crippen molar-refractivity contribution in [2.45, 2.75) is 71.4 Å². The fourth-order valence-corrected chi connectivity index (χ4v) is 6.12. The van der Waals surface area contributed by atoms with Crippen LogP contribution in [-0.2, 0) is 0 Å². The second kappa shape index (κ2) is 10.9. The average molecular weight is 606 g/mol. The van der Waals surface area contributed by atoms with Gasteiger partial charge < -0.3 is 14.9 Å². The van der Waals surface area contributed by atoms with Gasteiger partial charge in [0.2, 0.25) is 0 Å². The lowest BCUT2D eigenvalue weighted by atomic mass is 10.1. The molecule has 0 bridgehead atoms. The highest BCUT2D eigenvalue weighted by Crippen LogP contribution is 2.40. The molecule has 1 aliphatic heterocycles. The van der Waals surface area contributed by atoms with Gasteiger partial charge in [0.05, 0.1) is 33.2 Å². The minimum Gasteiger partial charge on any atom is -0.465 e. The van der Waals surface area contributed by atoms with Crippen LogP contribution in [0.3, 0.4) is 0 Å². The summed E-state index contributed by atoms with van der Waals surface area (Å²) in [5, 5.41) is 10.4. The molecule has 1 saturated heterocycles. The van der Waals surface area contributed by atoms with Gasteiger partial charge in [-0.1, -0.05) is 37.6 Å². The largest absolute Gasteiger partial charge is 0.465 e. The van der Waals surface area contributed by atoms with Crippen molar-refractivity contribution in [2.75, 3.05) is 18.0 Å². The van der Waals surface area contributed by atoms with Crippen molar-refractivity contribution >= 4 is 34.5 Å². The molecule has 1 saturated carbocycles. The maximum absolute atomic E-state index is 15.0. The summed E-state index contributed by atoms with van der Waals surface area (Å²) in [4.78, 5) is 48.4. The van der Waals surface area contributed by atoms with Crippen LogP contribution in [0.2, 0.25) is 5.02 Å². The normalized spacial score (nSPS) is 19.0. The first-order valence-corrected chi connectivity index (χ1v) is 14.9. The van der Waals surface area contributed by atoms with Crippen LogP contribution < -0.4 is 10.6 Å². The van der Waals surface area contributed by atoms with Crippen LogP contribution in [0, 0.1) is 12.7 Å². The number of pyridine rings is 1. The molecule has 1 aromatic carbocycles. The van der Waals surface area contributed by atoms with Crippen molar-refractivity contribution in [1.29, 1.82) is 0 Å². The molecule has 224 valence electrons. The van der Waals surface area contributed by atoms with Crippen molar-refractivity contribution in [3.8, 4) is 16.9 Å². The third-order valence-corrected chi connectivity index (χ3v) is 8.54. The maximum Gasteiger partial charge on any atom is 0.407 e. The number of piperazine rings is 1. The number of rotatable bonds is 5. The van der Waals surface area contributed by atoms with Gasteiger partial charge in [0.25, 0.3) is 0 Å². The summed E-state index contributed by atoms with van der Waals surface area (Å²) in [5.74, 6) is 0.891. The van der Waals surface area contributed by atoms with E-state index in [1.54, 1.807) is 24.3 Å². The smallest absolute Gasteiger partial charge is 0.407 e. The number of amides is 1. The Labute approximate surface area is 253 Å². The zero-order chi connectivity index (χ0) is 30.7. The summed E-state index contributed by atoms with van der Waals surface area (Å²) in [6.07, 6.45) is 1.07. The lowest BCUT2D eigenvalue weighted by molar-refractivity contribution is 0.114. The van der Waals surface area contributed by atoms with E-state index in [9.17, 15) is 14.7 Å². The van der Waals surface area contributed by atoms with Gasteiger partial charge in [-0.15, -0.1) is 0 Å². The number of anilines is 1. The number of halogens is 2. The topological polar surface area (TPSA) is 117 Å². The van der Waals surface area contributed by atoms with E-state index < -0.39 is 17.6 Å². The van der Waals surface area contributed by atoms with Crippen molar-refractivity contribution in [3.05, 3.63) is 68.9 Å². The second-order valence-electron chi connectivity index (χ2n) is 11.8. The second-order valence-corrected chi connectivity index (χ2v) is 12.2. The van der Waals surface area contributed by atoms with Gasteiger partial charge in [-0.25, -0.2) is 33.5 Å². The number of carbonyl (C=O) groups is 1. The molecule has 12 heteroatoms. The Morgan fingerprint density at radius 1 is 1.07 bits per heavy atom. The lowest BCUT2D eigenvalue weighted by Gasteiger charge is -2.43. The van der Waals surface area contributed by atoms with Crippen LogP contribution in [0.25, 0.3) is 28.0 Å². The standard InChI is InChI=1S/C31H33ClFN7O3/c1-15(2)24-26(18(5)34-27(35-24)19-10-11-19)40-29-21(12-22(32)25(36-29)20-8-6-7-9-23(20)33)28(37-30(40)41)38-13-17(4)39(31(42)43)14-16(38)3/h6-9,12,15-17,19H,10-11,13-14H2,1-5H3,(H,42,43)/t16-,17+/m0/s1. The molecular weight excluding hydrogens is 573 g/mol. The third-order valence-electron chi connectivity index (χ3n) is 8.25. The zero-order valence-corrected chi connectivity index (χ0v) is 25.4. The fourth-order valence-electron chi connectivity index (χ4n) is 5.87. The number of aromatic nitrogens is 5. The van der Waals surface area contributed by atoms with Gasteiger partial charge in [0.1, 0.15) is 17.5 Å². The molecule has 4 aromatic rings. The highest BCUT2D eigenvalue weighted by atomic mass is 35.5. The van der Waals surface area contributed by atoms with Gasteiger partial charge in [-0.2, -0.15) is 4.98 Å². The number of benzene rings is 1. The Hall–Kier alpha value is -4.12. The minimum absolute atomic E-state index is 0.0425. The monoisotopic (exact) mass is 605 g/mol. The number of aryl methyl sites for hydroxylation is 1. The summed E-state index contributed by atoms with van der Waals surface area (Å²) in [6.45, 7) is 10.1. The molecule has 43 heavy (non-hydrogen) atoms. The Balaban J connectivity index is 1.65. The van der Waals surface area contributed by atoms with E-state index in [2.05, 4.69) is 4.98 Å². The Kier molecular flexibility index (Phi) is 7.32. The highest BCUT2D eigenvalue weighted by Gasteiger charge is 2.35.